The van der Waals surface area contributed by atoms with Crippen LogP contribution in [0.5, 0.6) is 0 Å². The third kappa shape index (κ3) is 3.61. The molecule has 0 aromatic heterocycles. The summed E-state index contributed by atoms with van der Waals surface area (Å²) in [4.78, 5) is 10.3. The van der Waals surface area contributed by atoms with E-state index in [9.17, 15) is 22.4 Å². The number of carboxylic acids is 1. The summed E-state index contributed by atoms with van der Waals surface area (Å²) < 4.78 is 51.1. The molecule has 1 aromatic carbocycles. The third-order valence-electron chi connectivity index (χ3n) is 2.24. The van der Waals surface area contributed by atoms with Crippen LogP contribution in [0.25, 0.3) is 0 Å². The van der Waals surface area contributed by atoms with Crippen LogP contribution in [0.4, 0.5) is 23.2 Å². The standard InChI is InChI=1S/C11H11F4NO2/c1-6(12)7-2-3-9(16-5-10(17)18)8(4-7)11(13,14)15/h2-4,6,16H,5H2,1H3,(H,17,18). The number of rotatable bonds is 4. The first kappa shape index (κ1) is 14.3. The van der Waals surface area contributed by atoms with Crippen LogP contribution in [-0.4, -0.2) is 17.6 Å². The molecule has 7 heteroatoms. The average Bonchev–Trinajstić information content (AvgIpc) is 2.24. The van der Waals surface area contributed by atoms with Crippen LogP contribution in [0.1, 0.15) is 24.2 Å². The van der Waals surface area contributed by atoms with Gasteiger partial charge in [0.15, 0.2) is 0 Å². The van der Waals surface area contributed by atoms with Gasteiger partial charge < -0.3 is 10.4 Å². The molecule has 0 heterocycles. The summed E-state index contributed by atoms with van der Waals surface area (Å²) >= 11 is 0. The van der Waals surface area contributed by atoms with E-state index in [-0.39, 0.29) is 11.3 Å². The number of carboxylic acid groups (broad SMARTS) is 1. The van der Waals surface area contributed by atoms with Crippen LogP contribution in [0.3, 0.4) is 0 Å². The van der Waals surface area contributed by atoms with Gasteiger partial charge in [0.1, 0.15) is 12.7 Å². The normalized spacial score (nSPS) is 13.2. The van der Waals surface area contributed by atoms with E-state index in [1.165, 1.54) is 6.07 Å². The number of carbonyl (C=O) groups is 1. The van der Waals surface area contributed by atoms with Crippen molar-refractivity contribution in [1.29, 1.82) is 0 Å². The Bertz CT molecular complexity index is 443. The fourth-order valence-electron chi connectivity index (χ4n) is 1.37. The Morgan fingerprint density at radius 1 is 1.44 bits per heavy atom. The third-order valence-corrected chi connectivity index (χ3v) is 2.24. The number of hydrogen-bond acceptors (Lipinski definition) is 2. The highest BCUT2D eigenvalue weighted by atomic mass is 19.4. The zero-order valence-corrected chi connectivity index (χ0v) is 9.38. The van der Waals surface area contributed by atoms with Gasteiger partial charge in [0.2, 0.25) is 0 Å². The van der Waals surface area contributed by atoms with Crippen LogP contribution in [0.15, 0.2) is 18.2 Å². The van der Waals surface area contributed by atoms with Gasteiger partial charge >= 0.3 is 12.1 Å². The van der Waals surface area contributed by atoms with E-state index in [0.29, 0.717) is 6.07 Å². The second kappa shape index (κ2) is 5.24. The number of anilines is 1. The van der Waals surface area contributed by atoms with Crippen LogP contribution in [-0.2, 0) is 11.0 Å². The van der Waals surface area contributed by atoms with Crippen molar-refractivity contribution in [3.63, 3.8) is 0 Å². The van der Waals surface area contributed by atoms with Crippen molar-refractivity contribution >= 4 is 11.7 Å². The average molecular weight is 265 g/mol. The molecule has 0 aliphatic rings. The summed E-state index contributed by atoms with van der Waals surface area (Å²) in [6.45, 7) is 0.480. The van der Waals surface area contributed by atoms with Crippen LogP contribution in [0, 0.1) is 0 Å². The Balaban J connectivity index is 3.13. The maximum atomic E-state index is 13.0. The predicted octanol–water partition coefficient (Wildman–Crippen LogP) is 3.23. The summed E-state index contributed by atoms with van der Waals surface area (Å²) in [5.74, 6) is -1.29. The van der Waals surface area contributed by atoms with Crippen LogP contribution >= 0.6 is 0 Å². The smallest absolute Gasteiger partial charge is 0.418 e. The van der Waals surface area contributed by atoms with E-state index in [1.807, 2.05) is 0 Å². The topological polar surface area (TPSA) is 49.3 Å². The van der Waals surface area contributed by atoms with E-state index < -0.39 is 30.4 Å². The summed E-state index contributed by atoms with van der Waals surface area (Å²) in [5, 5.41) is 10.6. The molecule has 0 spiro atoms. The Morgan fingerprint density at radius 3 is 2.50 bits per heavy atom. The monoisotopic (exact) mass is 265 g/mol. The van der Waals surface area contributed by atoms with E-state index in [1.54, 1.807) is 0 Å². The van der Waals surface area contributed by atoms with Crippen molar-refractivity contribution in [3.8, 4) is 0 Å². The second-order valence-corrected chi connectivity index (χ2v) is 3.67. The molecule has 0 aliphatic carbocycles. The molecule has 1 atom stereocenters. The zero-order valence-electron chi connectivity index (χ0n) is 9.38. The molecule has 0 bridgehead atoms. The molecule has 0 saturated heterocycles. The number of benzene rings is 1. The van der Waals surface area contributed by atoms with Crippen molar-refractivity contribution < 1.29 is 27.5 Å². The minimum atomic E-state index is -4.67. The minimum Gasteiger partial charge on any atom is -0.480 e. The molecule has 100 valence electrons. The van der Waals surface area contributed by atoms with Gasteiger partial charge in [-0.3, -0.25) is 4.79 Å². The molecule has 1 unspecified atom stereocenters. The Hall–Kier alpha value is -1.79. The lowest BCUT2D eigenvalue weighted by atomic mass is 10.1. The first-order valence-corrected chi connectivity index (χ1v) is 5.02. The number of halogens is 4. The summed E-state index contributed by atoms with van der Waals surface area (Å²) in [7, 11) is 0. The Labute approximate surface area is 100 Å². The molecule has 3 nitrogen and oxygen atoms in total. The van der Waals surface area contributed by atoms with E-state index >= 15 is 0 Å². The van der Waals surface area contributed by atoms with Gasteiger partial charge in [-0.2, -0.15) is 13.2 Å². The minimum absolute atomic E-state index is 0.108. The van der Waals surface area contributed by atoms with E-state index in [2.05, 4.69) is 5.32 Å². The molecule has 18 heavy (non-hydrogen) atoms. The van der Waals surface area contributed by atoms with Crippen LogP contribution < -0.4 is 5.32 Å². The Kier molecular flexibility index (Phi) is 4.15. The second-order valence-electron chi connectivity index (χ2n) is 3.67. The van der Waals surface area contributed by atoms with Gasteiger partial charge in [-0.15, -0.1) is 0 Å². The molecule has 0 fully saturated rings. The largest absolute Gasteiger partial charge is 0.480 e. The van der Waals surface area contributed by atoms with Gasteiger partial charge in [-0.1, -0.05) is 6.07 Å². The molecule has 1 aromatic rings. The van der Waals surface area contributed by atoms with Crippen molar-refractivity contribution in [2.75, 3.05) is 11.9 Å². The highest BCUT2D eigenvalue weighted by Gasteiger charge is 2.34. The fourth-order valence-corrected chi connectivity index (χ4v) is 1.37. The molecule has 0 amide bonds. The molecular weight excluding hydrogens is 254 g/mol. The number of nitrogens with one attached hydrogen (secondary N) is 1. The Morgan fingerprint density at radius 2 is 2.06 bits per heavy atom. The maximum absolute atomic E-state index is 13.0. The molecule has 0 radical (unpaired) electrons. The number of aliphatic carboxylic acids is 1. The van der Waals surface area contributed by atoms with E-state index in [4.69, 9.17) is 5.11 Å². The predicted molar refractivity (Wildman–Crippen MR) is 57.1 cm³/mol. The number of alkyl halides is 4. The lowest BCUT2D eigenvalue weighted by molar-refractivity contribution is -0.138. The van der Waals surface area contributed by atoms with Gasteiger partial charge in [0.25, 0.3) is 0 Å². The zero-order chi connectivity index (χ0) is 13.9. The summed E-state index contributed by atoms with van der Waals surface area (Å²) in [6.07, 6.45) is -6.20. The van der Waals surface area contributed by atoms with Crippen molar-refractivity contribution in [1.82, 2.24) is 0 Å². The van der Waals surface area contributed by atoms with Gasteiger partial charge in [-0.05, 0) is 24.6 Å². The van der Waals surface area contributed by atoms with Gasteiger partial charge in [0, 0.05) is 5.69 Å². The quantitative estimate of drug-likeness (QED) is 0.822. The van der Waals surface area contributed by atoms with E-state index in [0.717, 1.165) is 13.0 Å². The summed E-state index contributed by atoms with van der Waals surface area (Å²) in [5.41, 5.74) is -1.57. The highest BCUT2D eigenvalue weighted by Crippen LogP contribution is 2.36. The lowest BCUT2D eigenvalue weighted by Gasteiger charge is -2.15. The molecule has 1 rings (SSSR count). The fraction of sp³-hybridized carbons (Fsp3) is 0.364. The molecular formula is C11H11F4NO2. The van der Waals surface area contributed by atoms with Gasteiger partial charge in [0.05, 0.1) is 5.56 Å². The first-order chi connectivity index (χ1) is 8.21. The lowest BCUT2D eigenvalue weighted by Crippen LogP contribution is -2.16. The van der Waals surface area contributed by atoms with Crippen molar-refractivity contribution in [2.24, 2.45) is 0 Å². The van der Waals surface area contributed by atoms with Crippen LogP contribution in [0.2, 0.25) is 0 Å². The van der Waals surface area contributed by atoms with Gasteiger partial charge in [-0.25, -0.2) is 4.39 Å². The molecule has 2 N–H and O–H groups in total. The SMILES string of the molecule is CC(F)c1ccc(NCC(=O)O)c(C(F)(F)F)c1. The first-order valence-electron chi connectivity index (χ1n) is 5.02. The maximum Gasteiger partial charge on any atom is 0.418 e. The van der Waals surface area contributed by atoms with Crippen molar-refractivity contribution in [2.45, 2.75) is 19.3 Å². The molecule has 0 saturated carbocycles. The summed E-state index contributed by atoms with van der Waals surface area (Å²) in [6, 6.07) is 2.89. The molecule has 0 aliphatic heterocycles. The number of hydrogen-bond donors (Lipinski definition) is 2. The van der Waals surface area contributed by atoms with Crippen molar-refractivity contribution in [3.05, 3.63) is 29.3 Å². The highest BCUT2D eigenvalue weighted by molar-refractivity contribution is 5.73.